The number of rotatable bonds is 5. The van der Waals surface area contributed by atoms with Crippen molar-refractivity contribution in [3.8, 4) is 0 Å². The largest absolute Gasteiger partial charge is 0.452 e. The predicted molar refractivity (Wildman–Crippen MR) is 94.6 cm³/mol. The fourth-order valence-corrected chi connectivity index (χ4v) is 2.74. The highest BCUT2D eigenvalue weighted by molar-refractivity contribution is 5.97. The molecule has 1 aromatic rings. The summed E-state index contributed by atoms with van der Waals surface area (Å²) in [5.41, 5.74) is 1.30. The third kappa shape index (κ3) is 6.10. The van der Waals surface area contributed by atoms with Crippen LogP contribution in [0.2, 0.25) is 0 Å². The Kier molecular flexibility index (Phi) is 6.80. The zero-order valence-corrected chi connectivity index (χ0v) is 14.7. The van der Waals surface area contributed by atoms with E-state index in [1.54, 1.807) is 24.3 Å². The minimum atomic E-state index is -0.647. The summed E-state index contributed by atoms with van der Waals surface area (Å²) in [6.07, 6.45) is 5.22. The lowest BCUT2D eigenvalue weighted by atomic mass is 9.96. The second kappa shape index (κ2) is 9.05. The van der Waals surface area contributed by atoms with Crippen LogP contribution in [0.1, 0.15) is 42.5 Å². The van der Waals surface area contributed by atoms with Crippen LogP contribution < -0.4 is 15.5 Å². The predicted octanol–water partition coefficient (Wildman–Crippen LogP) is 2.07. The van der Waals surface area contributed by atoms with Gasteiger partial charge in [-0.25, -0.2) is 9.59 Å². The molecule has 0 saturated heterocycles. The molecule has 1 saturated carbocycles. The number of nitrogens with one attached hydrogen (secondary N) is 2. The SMILES string of the molecule is CN(C)c1ccc(C(=O)OCC(=O)NC(=O)NC2CCCCC2)cc1. The number of hydrogen-bond donors (Lipinski definition) is 2. The highest BCUT2D eigenvalue weighted by Crippen LogP contribution is 2.17. The normalized spacial score (nSPS) is 14.5. The van der Waals surface area contributed by atoms with Crippen LogP contribution in [0.15, 0.2) is 24.3 Å². The van der Waals surface area contributed by atoms with Crippen molar-refractivity contribution >= 4 is 23.6 Å². The van der Waals surface area contributed by atoms with Crippen molar-refractivity contribution in [1.82, 2.24) is 10.6 Å². The molecular formula is C18H25N3O4. The minimum absolute atomic E-state index is 0.110. The highest BCUT2D eigenvalue weighted by atomic mass is 16.5. The molecule has 0 spiro atoms. The van der Waals surface area contributed by atoms with Gasteiger partial charge < -0.3 is 15.0 Å². The maximum Gasteiger partial charge on any atom is 0.338 e. The van der Waals surface area contributed by atoms with Crippen LogP contribution in [-0.2, 0) is 9.53 Å². The van der Waals surface area contributed by atoms with E-state index in [-0.39, 0.29) is 6.04 Å². The van der Waals surface area contributed by atoms with Crippen molar-refractivity contribution in [2.75, 3.05) is 25.6 Å². The van der Waals surface area contributed by atoms with Crippen molar-refractivity contribution in [1.29, 1.82) is 0 Å². The molecule has 0 unspecified atom stereocenters. The van der Waals surface area contributed by atoms with E-state index in [0.29, 0.717) is 5.56 Å². The maximum atomic E-state index is 11.9. The number of hydrogen-bond acceptors (Lipinski definition) is 5. The Labute approximate surface area is 147 Å². The van der Waals surface area contributed by atoms with Gasteiger partial charge in [0.2, 0.25) is 0 Å². The molecule has 0 aromatic heterocycles. The molecule has 7 heteroatoms. The molecule has 0 radical (unpaired) electrons. The number of carbonyl (C=O) groups is 3. The molecule has 2 N–H and O–H groups in total. The summed E-state index contributed by atoms with van der Waals surface area (Å²) in [5.74, 6) is -1.25. The van der Waals surface area contributed by atoms with Gasteiger partial charge in [-0.3, -0.25) is 10.1 Å². The highest BCUT2D eigenvalue weighted by Gasteiger charge is 2.17. The van der Waals surface area contributed by atoms with Gasteiger partial charge in [-0.15, -0.1) is 0 Å². The summed E-state index contributed by atoms with van der Waals surface area (Å²) in [6, 6.07) is 6.40. The summed E-state index contributed by atoms with van der Waals surface area (Å²) in [7, 11) is 3.80. The molecule has 0 atom stereocenters. The summed E-state index contributed by atoms with van der Waals surface area (Å²) in [5, 5.41) is 4.96. The zero-order valence-electron chi connectivity index (χ0n) is 14.7. The van der Waals surface area contributed by atoms with Gasteiger partial charge in [-0.1, -0.05) is 19.3 Å². The number of anilines is 1. The van der Waals surface area contributed by atoms with Crippen LogP contribution in [-0.4, -0.2) is 44.7 Å². The second-order valence-electron chi connectivity index (χ2n) is 6.37. The van der Waals surface area contributed by atoms with Crippen molar-refractivity contribution in [2.24, 2.45) is 0 Å². The molecule has 7 nitrogen and oxygen atoms in total. The molecule has 136 valence electrons. The Balaban J connectivity index is 1.73. The van der Waals surface area contributed by atoms with E-state index in [4.69, 9.17) is 4.74 Å². The van der Waals surface area contributed by atoms with Gasteiger partial charge in [-0.05, 0) is 37.1 Å². The van der Waals surface area contributed by atoms with Gasteiger partial charge in [-0.2, -0.15) is 0 Å². The van der Waals surface area contributed by atoms with Crippen molar-refractivity contribution in [3.63, 3.8) is 0 Å². The summed E-state index contributed by atoms with van der Waals surface area (Å²) < 4.78 is 4.94. The van der Waals surface area contributed by atoms with Crippen molar-refractivity contribution < 1.29 is 19.1 Å². The molecule has 0 bridgehead atoms. The van der Waals surface area contributed by atoms with Gasteiger partial charge in [0.15, 0.2) is 6.61 Å². The first kappa shape index (κ1) is 18.8. The molecule has 2 rings (SSSR count). The van der Waals surface area contributed by atoms with E-state index in [2.05, 4.69) is 10.6 Å². The van der Waals surface area contributed by atoms with Crippen LogP contribution >= 0.6 is 0 Å². The average molecular weight is 347 g/mol. The first-order valence-corrected chi connectivity index (χ1v) is 8.50. The summed E-state index contributed by atoms with van der Waals surface area (Å²) >= 11 is 0. The van der Waals surface area contributed by atoms with Gasteiger partial charge in [0.1, 0.15) is 0 Å². The molecule has 1 aliphatic carbocycles. The fraction of sp³-hybridized carbons (Fsp3) is 0.500. The number of ether oxygens (including phenoxy) is 1. The van der Waals surface area contributed by atoms with E-state index in [1.807, 2.05) is 19.0 Å². The van der Waals surface area contributed by atoms with Crippen molar-refractivity contribution in [2.45, 2.75) is 38.1 Å². The smallest absolute Gasteiger partial charge is 0.338 e. The summed E-state index contributed by atoms with van der Waals surface area (Å²) in [6.45, 7) is -0.494. The Morgan fingerprint density at radius 2 is 1.72 bits per heavy atom. The minimum Gasteiger partial charge on any atom is -0.452 e. The van der Waals surface area contributed by atoms with E-state index < -0.39 is 24.5 Å². The number of imide groups is 1. The van der Waals surface area contributed by atoms with E-state index in [0.717, 1.165) is 31.4 Å². The molecule has 3 amide bonds. The van der Waals surface area contributed by atoms with E-state index in [1.165, 1.54) is 6.42 Å². The second-order valence-corrected chi connectivity index (χ2v) is 6.37. The number of urea groups is 1. The van der Waals surface area contributed by atoms with Gasteiger partial charge in [0.05, 0.1) is 5.56 Å². The number of carbonyl (C=O) groups excluding carboxylic acids is 3. The van der Waals surface area contributed by atoms with Crippen LogP contribution in [0, 0.1) is 0 Å². The lowest BCUT2D eigenvalue weighted by Crippen LogP contribution is -2.46. The Morgan fingerprint density at radius 1 is 1.08 bits per heavy atom. The fourth-order valence-electron chi connectivity index (χ4n) is 2.74. The van der Waals surface area contributed by atoms with Gasteiger partial charge in [0, 0.05) is 25.8 Å². The van der Waals surface area contributed by atoms with Crippen LogP contribution in [0.25, 0.3) is 0 Å². The summed E-state index contributed by atoms with van der Waals surface area (Å²) in [4.78, 5) is 37.3. The van der Waals surface area contributed by atoms with Gasteiger partial charge >= 0.3 is 12.0 Å². The zero-order chi connectivity index (χ0) is 18.2. The molecule has 1 aliphatic rings. The maximum absolute atomic E-state index is 11.9. The third-order valence-corrected chi connectivity index (χ3v) is 4.15. The number of benzene rings is 1. The monoisotopic (exact) mass is 347 g/mol. The van der Waals surface area contributed by atoms with E-state index >= 15 is 0 Å². The lowest BCUT2D eigenvalue weighted by Gasteiger charge is -2.22. The molecule has 0 aliphatic heterocycles. The molecule has 1 aromatic carbocycles. The van der Waals surface area contributed by atoms with E-state index in [9.17, 15) is 14.4 Å². The quantitative estimate of drug-likeness (QED) is 0.796. The topological polar surface area (TPSA) is 87.7 Å². The lowest BCUT2D eigenvalue weighted by molar-refractivity contribution is -0.123. The Hall–Kier alpha value is -2.57. The molecule has 0 heterocycles. The molecule has 25 heavy (non-hydrogen) atoms. The number of amides is 3. The Morgan fingerprint density at radius 3 is 2.32 bits per heavy atom. The van der Waals surface area contributed by atoms with Crippen LogP contribution in [0.4, 0.5) is 10.5 Å². The van der Waals surface area contributed by atoms with Crippen LogP contribution in [0.3, 0.4) is 0 Å². The van der Waals surface area contributed by atoms with Crippen LogP contribution in [0.5, 0.6) is 0 Å². The van der Waals surface area contributed by atoms with Crippen molar-refractivity contribution in [3.05, 3.63) is 29.8 Å². The standard InChI is InChI=1S/C18H25N3O4/c1-21(2)15-10-8-13(9-11-15)17(23)25-12-16(22)20-18(24)19-14-6-4-3-5-7-14/h8-11,14H,3-7,12H2,1-2H3,(H2,19,20,22,24). The number of nitrogens with zero attached hydrogens (tertiary/aromatic N) is 1. The molecule has 1 fully saturated rings. The average Bonchev–Trinajstić information content (AvgIpc) is 2.60. The third-order valence-electron chi connectivity index (χ3n) is 4.15. The first-order chi connectivity index (χ1) is 12.0. The first-order valence-electron chi connectivity index (χ1n) is 8.50. The molecular weight excluding hydrogens is 322 g/mol. The van der Waals surface area contributed by atoms with Gasteiger partial charge in [0.25, 0.3) is 5.91 Å². The Bertz CT molecular complexity index is 607. The number of esters is 1.